The van der Waals surface area contributed by atoms with E-state index in [9.17, 15) is 0 Å². The number of guanidine groups is 1. The van der Waals surface area contributed by atoms with Gasteiger partial charge < -0.3 is 20.1 Å². The molecular formula is C18H26N4O2S. The number of methoxy groups -OCH3 is 2. The summed E-state index contributed by atoms with van der Waals surface area (Å²) in [6, 6.07) is 5.70. The molecule has 6 nitrogen and oxygen atoms in total. The maximum Gasteiger partial charge on any atom is 0.195 e. The molecule has 25 heavy (non-hydrogen) atoms. The molecule has 0 aliphatic heterocycles. The number of aryl methyl sites for hydroxylation is 2. The van der Waals surface area contributed by atoms with Crippen molar-refractivity contribution in [2.45, 2.75) is 26.7 Å². The van der Waals surface area contributed by atoms with E-state index in [0.29, 0.717) is 11.5 Å². The zero-order chi connectivity index (χ0) is 18.1. The molecule has 0 aliphatic carbocycles. The molecule has 0 fully saturated rings. The van der Waals surface area contributed by atoms with Gasteiger partial charge in [-0.05, 0) is 32.4 Å². The van der Waals surface area contributed by atoms with Gasteiger partial charge in [0.05, 0.1) is 19.2 Å². The van der Waals surface area contributed by atoms with Crippen LogP contribution in [0.25, 0.3) is 0 Å². The molecule has 1 heterocycles. The molecule has 0 saturated heterocycles. The van der Waals surface area contributed by atoms with E-state index in [2.05, 4.69) is 26.0 Å². The maximum absolute atomic E-state index is 5.34. The van der Waals surface area contributed by atoms with Gasteiger partial charge in [-0.2, -0.15) is 0 Å². The number of hydrogen-bond acceptors (Lipinski definition) is 5. The van der Waals surface area contributed by atoms with Gasteiger partial charge in [-0.15, -0.1) is 11.3 Å². The molecule has 1 aromatic heterocycles. The fourth-order valence-corrected chi connectivity index (χ4v) is 3.11. The zero-order valence-corrected chi connectivity index (χ0v) is 16.1. The molecule has 0 aliphatic rings. The van der Waals surface area contributed by atoms with Crippen LogP contribution in [0.5, 0.6) is 11.5 Å². The number of hydrogen-bond donors (Lipinski definition) is 2. The van der Waals surface area contributed by atoms with E-state index in [4.69, 9.17) is 9.47 Å². The third-order valence-electron chi connectivity index (χ3n) is 3.48. The number of nitrogens with zero attached hydrogens (tertiary/aromatic N) is 2. The van der Waals surface area contributed by atoms with Crippen molar-refractivity contribution >= 4 is 23.0 Å². The second-order valence-corrected chi connectivity index (χ2v) is 6.38. The Bertz CT molecular complexity index is 700. The predicted molar refractivity (Wildman–Crippen MR) is 104 cm³/mol. The van der Waals surface area contributed by atoms with Crippen molar-refractivity contribution in [3.63, 3.8) is 0 Å². The lowest BCUT2D eigenvalue weighted by Crippen LogP contribution is -2.30. The monoisotopic (exact) mass is 362 g/mol. The molecule has 0 saturated carbocycles. The van der Waals surface area contributed by atoms with E-state index in [-0.39, 0.29) is 0 Å². The zero-order valence-electron chi connectivity index (χ0n) is 15.3. The highest BCUT2D eigenvalue weighted by atomic mass is 32.1. The first kappa shape index (κ1) is 19.1. The molecule has 2 rings (SSSR count). The average molecular weight is 362 g/mol. The average Bonchev–Trinajstić information content (AvgIpc) is 3.04. The van der Waals surface area contributed by atoms with E-state index in [0.717, 1.165) is 43.3 Å². The van der Waals surface area contributed by atoms with Gasteiger partial charge in [-0.3, -0.25) is 4.99 Å². The molecule has 136 valence electrons. The van der Waals surface area contributed by atoms with Gasteiger partial charge in [-0.1, -0.05) is 0 Å². The van der Waals surface area contributed by atoms with Gasteiger partial charge in [-0.25, -0.2) is 4.98 Å². The Kier molecular flexibility index (Phi) is 7.53. The third kappa shape index (κ3) is 5.94. The maximum atomic E-state index is 5.34. The molecule has 2 aromatic rings. The molecule has 0 amide bonds. The number of thiazole rings is 1. The van der Waals surface area contributed by atoms with Crippen molar-refractivity contribution in [2.75, 3.05) is 32.6 Å². The molecule has 0 atom stereocenters. The van der Waals surface area contributed by atoms with Gasteiger partial charge >= 0.3 is 0 Å². The lowest BCUT2D eigenvalue weighted by molar-refractivity contribution is 0.355. The van der Waals surface area contributed by atoms with Crippen LogP contribution in [-0.4, -0.2) is 38.3 Å². The van der Waals surface area contributed by atoms with Crippen molar-refractivity contribution in [1.82, 2.24) is 10.3 Å². The van der Waals surface area contributed by atoms with E-state index in [1.807, 2.05) is 32.0 Å². The van der Waals surface area contributed by atoms with Crippen molar-refractivity contribution in [2.24, 2.45) is 4.99 Å². The molecule has 0 unspecified atom stereocenters. The molecule has 0 radical (unpaired) electrons. The molecule has 0 spiro atoms. The Morgan fingerprint density at radius 1 is 1.24 bits per heavy atom. The normalized spacial score (nSPS) is 11.3. The fourth-order valence-electron chi connectivity index (χ4n) is 2.30. The van der Waals surface area contributed by atoms with Crippen molar-refractivity contribution in [3.8, 4) is 11.5 Å². The van der Waals surface area contributed by atoms with E-state index in [1.54, 1.807) is 25.6 Å². The Hall–Kier alpha value is -2.28. The highest BCUT2D eigenvalue weighted by Crippen LogP contribution is 2.29. The van der Waals surface area contributed by atoms with Crippen LogP contribution in [0.15, 0.2) is 28.6 Å². The van der Waals surface area contributed by atoms with Crippen LogP contribution in [0.4, 0.5) is 5.69 Å². The third-order valence-corrected chi connectivity index (χ3v) is 4.50. The topological polar surface area (TPSA) is 67.8 Å². The summed E-state index contributed by atoms with van der Waals surface area (Å²) in [6.45, 7) is 5.60. The standard InChI is InChI=1S/C18H26N4O2S/c1-5-19-18(20-10-6-7-17-21-13(2)12-25-17)22-14-8-9-15(23-3)16(11-14)24-4/h8-9,11-12H,5-7,10H2,1-4H3,(H2,19,20,22). The first-order chi connectivity index (χ1) is 12.2. The van der Waals surface area contributed by atoms with Crippen LogP contribution in [0, 0.1) is 6.92 Å². The number of anilines is 1. The number of aromatic nitrogens is 1. The molecule has 2 N–H and O–H groups in total. The summed E-state index contributed by atoms with van der Waals surface area (Å²) in [5.41, 5.74) is 1.99. The fraction of sp³-hybridized carbons (Fsp3) is 0.444. The van der Waals surface area contributed by atoms with Crippen molar-refractivity contribution in [3.05, 3.63) is 34.3 Å². The Labute approximate surface area is 153 Å². The van der Waals surface area contributed by atoms with Crippen LogP contribution in [0.2, 0.25) is 0 Å². The van der Waals surface area contributed by atoms with Crippen LogP contribution < -0.4 is 20.1 Å². The number of ether oxygens (including phenoxy) is 2. The summed E-state index contributed by atoms with van der Waals surface area (Å²) < 4.78 is 10.6. The summed E-state index contributed by atoms with van der Waals surface area (Å²) in [4.78, 5) is 9.11. The molecule has 0 bridgehead atoms. The first-order valence-electron chi connectivity index (χ1n) is 8.34. The van der Waals surface area contributed by atoms with Gasteiger partial charge in [0.15, 0.2) is 17.5 Å². The lowest BCUT2D eigenvalue weighted by Gasteiger charge is -2.13. The second-order valence-electron chi connectivity index (χ2n) is 5.44. The summed E-state index contributed by atoms with van der Waals surface area (Å²) in [7, 11) is 3.25. The highest BCUT2D eigenvalue weighted by Gasteiger charge is 2.06. The number of rotatable bonds is 8. The molecular weight excluding hydrogens is 336 g/mol. The predicted octanol–water partition coefficient (Wildman–Crippen LogP) is 3.48. The number of aliphatic imine (C=N–C) groups is 1. The smallest absolute Gasteiger partial charge is 0.195 e. The lowest BCUT2D eigenvalue weighted by atomic mass is 10.2. The number of benzene rings is 1. The minimum atomic E-state index is 0.683. The van der Waals surface area contributed by atoms with Crippen LogP contribution in [0.3, 0.4) is 0 Å². The Balaban J connectivity index is 1.94. The summed E-state index contributed by atoms with van der Waals surface area (Å²) >= 11 is 1.71. The largest absolute Gasteiger partial charge is 0.493 e. The van der Waals surface area contributed by atoms with E-state index < -0.39 is 0 Å². The van der Waals surface area contributed by atoms with Crippen LogP contribution >= 0.6 is 11.3 Å². The van der Waals surface area contributed by atoms with Gasteiger partial charge in [0.2, 0.25) is 0 Å². The highest BCUT2D eigenvalue weighted by molar-refractivity contribution is 7.09. The summed E-state index contributed by atoms with van der Waals surface area (Å²) in [6.07, 6.45) is 1.92. The summed E-state index contributed by atoms with van der Waals surface area (Å²) in [5.74, 6) is 2.14. The van der Waals surface area contributed by atoms with E-state index in [1.165, 1.54) is 5.01 Å². The quantitative estimate of drug-likeness (QED) is 0.427. The molecule has 7 heteroatoms. The van der Waals surface area contributed by atoms with Crippen molar-refractivity contribution in [1.29, 1.82) is 0 Å². The van der Waals surface area contributed by atoms with Crippen LogP contribution in [0.1, 0.15) is 24.0 Å². The number of nitrogens with one attached hydrogen (secondary N) is 2. The Morgan fingerprint density at radius 2 is 2.04 bits per heavy atom. The molecule has 1 aromatic carbocycles. The van der Waals surface area contributed by atoms with Gasteiger partial charge in [0, 0.05) is 42.3 Å². The van der Waals surface area contributed by atoms with Gasteiger partial charge in [0.25, 0.3) is 0 Å². The first-order valence-corrected chi connectivity index (χ1v) is 9.22. The minimum absolute atomic E-state index is 0.683. The minimum Gasteiger partial charge on any atom is -0.493 e. The van der Waals surface area contributed by atoms with Crippen molar-refractivity contribution < 1.29 is 9.47 Å². The SMILES string of the molecule is CCNC(=NCCCc1nc(C)cs1)Nc1ccc(OC)c(OC)c1. The van der Waals surface area contributed by atoms with E-state index >= 15 is 0 Å². The van der Waals surface area contributed by atoms with Gasteiger partial charge in [0.1, 0.15) is 0 Å². The van der Waals surface area contributed by atoms with Crippen LogP contribution in [-0.2, 0) is 6.42 Å². The Morgan fingerprint density at radius 3 is 2.68 bits per heavy atom. The second kappa shape index (κ2) is 9.88. The summed E-state index contributed by atoms with van der Waals surface area (Å²) in [5, 5.41) is 9.81.